The van der Waals surface area contributed by atoms with Crippen LogP contribution in [0.1, 0.15) is 44.7 Å². The van der Waals surface area contributed by atoms with Crippen molar-refractivity contribution in [2.45, 2.75) is 56.9 Å². The highest BCUT2D eigenvalue weighted by Gasteiger charge is 2.30. The summed E-state index contributed by atoms with van der Waals surface area (Å²) in [6.07, 6.45) is 3.90. The fourth-order valence-electron chi connectivity index (χ4n) is 3.99. The van der Waals surface area contributed by atoms with Crippen LogP contribution in [0.5, 0.6) is 0 Å². The van der Waals surface area contributed by atoms with Crippen LogP contribution in [0, 0.1) is 0 Å². The predicted octanol–water partition coefficient (Wildman–Crippen LogP) is 0.369. The van der Waals surface area contributed by atoms with Gasteiger partial charge in [-0.2, -0.15) is 4.31 Å². The lowest BCUT2D eigenvalue weighted by Gasteiger charge is -2.23. The average Bonchev–Trinajstić information content (AvgIpc) is 2.90. The number of hydrogen-bond acceptors (Lipinski definition) is 3. The summed E-state index contributed by atoms with van der Waals surface area (Å²) in [5.41, 5.74) is 2.22. The Morgan fingerprint density at radius 3 is 2.59 bits per heavy atom. The highest BCUT2D eigenvalue weighted by atomic mass is 32.2. The summed E-state index contributed by atoms with van der Waals surface area (Å²) < 4.78 is 27.8. The van der Waals surface area contributed by atoms with E-state index in [1.165, 1.54) is 11.1 Å². The number of carbonyl (C=O) groups is 1. The number of benzene rings is 1. The maximum absolute atomic E-state index is 13.1. The number of aryl methyl sites for hydroxylation is 2. The van der Waals surface area contributed by atoms with Crippen molar-refractivity contribution >= 4 is 15.9 Å². The summed E-state index contributed by atoms with van der Waals surface area (Å²) in [5.74, 6) is 0.0208. The van der Waals surface area contributed by atoms with Crippen molar-refractivity contribution in [1.82, 2.24) is 9.62 Å². The molecule has 6 nitrogen and oxygen atoms in total. The number of quaternary nitrogens is 1. The number of sulfonamides is 1. The minimum absolute atomic E-state index is 0.0208. The minimum atomic E-state index is -3.47. The van der Waals surface area contributed by atoms with Gasteiger partial charge in [0.05, 0.1) is 24.5 Å². The van der Waals surface area contributed by atoms with Gasteiger partial charge in [-0.15, -0.1) is 0 Å². The fraction of sp³-hybridized carbons (Fsp3) is 0.650. The van der Waals surface area contributed by atoms with Gasteiger partial charge in [0.1, 0.15) is 0 Å². The molecule has 27 heavy (non-hydrogen) atoms. The molecule has 150 valence electrons. The van der Waals surface area contributed by atoms with Gasteiger partial charge in [0, 0.05) is 18.5 Å². The summed E-state index contributed by atoms with van der Waals surface area (Å²) >= 11 is 0. The van der Waals surface area contributed by atoms with Crippen molar-refractivity contribution in [3.63, 3.8) is 0 Å². The van der Waals surface area contributed by atoms with Gasteiger partial charge in [-0.25, -0.2) is 8.42 Å². The molecule has 1 aliphatic carbocycles. The Balaban J connectivity index is 1.64. The lowest BCUT2D eigenvalue weighted by molar-refractivity contribution is -0.889. The number of rotatable bonds is 4. The van der Waals surface area contributed by atoms with Crippen LogP contribution in [-0.2, 0) is 27.7 Å². The van der Waals surface area contributed by atoms with E-state index in [0.717, 1.165) is 37.1 Å². The van der Waals surface area contributed by atoms with Gasteiger partial charge in [0.2, 0.25) is 10.0 Å². The zero-order valence-corrected chi connectivity index (χ0v) is 17.5. The van der Waals surface area contributed by atoms with Crippen LogP contribution in [0.15, 0.2) is 23.1 Å². The molecular formula is C20H32N3O3S+. The molecule has 1 saturated heterocycles. The second kappa shape index (κ2) is 7.89. The second-order valence-electron chi connectivity index (χ2n) is 8.77. The summed E-state index contributed by atoms with van der Waals surface area (Å²) in [6, 6.07) is 5.59. The first kappa shape index (κ1) is 20.3. The fourth-order valence-corrected chi connectivity index (χ4v) is 5.52. The molecule has 1 fully saturated rings. The third-order valence-electron chi connectivity index (χ3n) is 5.29. The number of fused-ring (bicyclic) bond motifs is 1. The number of amides is 1. The minimum Gasteiger partial charge on any atom is -0.347 e. The molecule has 2 aliphatic rings. The predicted molar refractivity (Wildman–Crippen MR) is 105 cm³/mol. The second-order valence-corrected chi connectivity index (χ2v) is 10.7. The van der Waals surface area contributed by atoms with E-state index in [9.17, 15) is 13.2 Å². The number of nitrogens with one attached hydrogen (secondary N) is 2. The van der Waals surface area contributed by atoms with E-state index in [4.69, 9.17) is 0 Å². The molecule has 1 aromatic rings. The van der Waals surface area contributed by atoms with E-state index < -0.39 is 10.0 Å². The van der Waals surface area contributed by atoms with E-state index >= 15 is 0 Å². The van der Waals surface area contributed by atoms with Gasteiger partial charge >= 0.3 is 0 Å². The van der Waals surface area contributed by atoms with Crippen LogP contribution >= 0.6 is 0 Å². The Morgan fingerprint density at radius 2 is 1.85 bits per heavy atom. The van der Waals surface area contributed by atoms with Crippen LogP contribution < -0.4 is 10.2 Å². The Bertz CT molecular complexity index is 799. The third kappa shape index (κ3) is 5.09. The monoisotopic (exact) mass is 394 g/mol. The zero-order valence-electron chi connectivity index (χ0n) is 16.7. The number of hydrogen-bond donors (Lipinski definition) is 2. The average molecular weight is 395 g/mol. The lowest BCUT2D eigenvalue weighted by Crippen LogP contribution is -3.13. The summed E-state index contributed by atoms with van der Waals surface area (Å²) in [5, 5.41) is 2.99. The Morgan fingerprint density at radius 1 is 1.11 bits per heavy atom. The van der Waals surface area contributed by atoms with Gasteiger partial charge in [0.25, 0.3) is 5.91 Å². The van der Waals surface area contributed by atoms with Crippen LogP contribution in [0.4, 0.5) is 0 Å². The van der Waals surface area contributed by atoms with E-state index in [1.807, 2.05) is 32.9 Å². The van der Waals surface area contributed by atoms with Gasteiger partial charge in [-0.05, 0) is 63.3 Å². The van der Waals surface area contributed by atoms with Gasteiger partial charge in [-0.1, -0.05) is 6.07 Å². The Kier molecular flexibility index (Phi) is 5.93. The van der Waals surface area contributed by atoms with Crippen molar-refractivity contribution in [2.75, 3.05) is 32.7 Å². The van der Waals surface area contributed by atoms with Crippen molar-refractivity contribution in [3.8, 4) is 0 Å². The Hall–Kier alpha value is -1.44. The maximum Gasteiger partial charge on any atom is 0.275 e. The molecule has 3 rings (SSSR count). The standard InChI is InChI=1S/C20H31N3O3S/c1-20(2,3)21-19(24)15-22-10-5-11-23(13-12-22)27(25,26)18-9-8-16-6-4-7-17(16)14-18/h8-9,14H,4-7,10-13,15H2,1-3H3,(H,21,24)/p+1. The SMILES string of the molecule is CC(C)(C)NC(=O)C[NH+]1CCCN(S(=O)(=O)c2ccc3c(c2)CCC3)CC1. The van der Waals surface area contributed by atoms with E-state index in [2.05, 4.69) is 5.32 Å². The molecule has 7 heteroatoms. The molecule has 2 N–H and O–H groups in total. The molecule has 0 bridgehead atoms. The molecule has 1 unspecified atom stereocenters. The van der Waals surface area contributed by atoms with Crippen molar-refractivity contribution < 1.29 is 18.1 Å². The van der Waals surface area contributed by atoms with E-state index in [1.54, 1.807) is 10.4 Å². The lowest BCUT2D eigenvalue weighted by atomic mass is 10.1. The molecule has 0 spiro atoms. The topological polar surface area (TPSA) is 70.9 Å². The highest BCUT2D eigenvalue weighted by Crippen LogP contribution is 2.26. The van der Waals surface area contributed by atoms with Crippen molar-refractivity contribution in [1.29, 1.82) is 0 Å². The van der Waals surface area contributed by atoms with Crippen molar-refractivity contribution in [3.05, 3.63) is 29.3 Å². The molecule has 1 aromatic carbocycles. The molecule has 1 heterocycles. The first-order valence-electron chi connectivity index (χ1n) is 9.92. The molecule has 0 saturated carbocycles. The first-order valence-corrected chi connectivity index (χ1v) is 11.4. The maximum atomic E-state index is 13.1. The largest absolute Gasteiger partial charge is 0.347 e. The Labute approximate surface area is 163 Å². The normalized spacial score (nSPS) is 21.5. The van der Waals surface area contributed by atoms with Gasteiger partial charge < -0.3 is 10.2 Å². The summed E-state index contributed by atoms with van der Waals surface area (Å²) in [7, 11) is -3.47. The van der Waals surface area contributed by atoms with E-state index in [-0.39, 0.29) is 11.4 Å². The smallest absolute Gasteiger partial charge is 0.275 e. The molecule has 1 amide bonds. The van der Waals surface area contributed by atoms with Crippen LogP contribution in [0.3, 0.4) is 0 Å². The quantitative estimate of drug-likeness (QED) is 0.775. The number of nitrogens with zero attached hydrogens (tertiary/aromatic N) is 1. The van der Waals surface area contributed by atoms with E-state index in [0.29, 0.717) is 31.1 Å². The summed E-state index contributed by atoms with van der Waals surface area (Å²) in [6.45, 7) is 8.73. The molecule has 0 radical (unpaired) electrons. The van der Waals surface area contributed by atoms with Crippen LogP contribution in [0.25, 0.3) is 0 Å². The van der Waals surface area contributed by atoms with Crippen LogP contribution in [-0.4, -0.2) is 56.9 Å². The zero-order chi connectivity index (χ0) is 19.7. The molecule has 1 atom stereocenters. The number of carbonyl (C=O) groups excluding carboxylic acids is 1. The molecular weight excluding hydrogens is 362 g/mol. The van der Waals surface area contributed by atoms with Gasteiger partial charge in [0.15, 0.2) is 6.54 Å². The molecule has 1 aliphatic heterocycles. The molecule has 0 aromatic heterocycles. The van der Waals surface area contributed by atoms with Gasteiger partial charge in [-0.3, -0.25) is 4.79 Å². The van der Waals surface area contributed by atoms with Crippen molar-refractivity contribution in [2.24, 2.45) is 0 Å². The first-order chi connectivity index (χ1) is 12.6. The van der Waals surface area contributed by atoms with Crippen LogP contribution in [0.2, 0.25) is 0 Å². The summed E-state index contributed by atoms with van der Waals surface area (Å²) in [4.78, 5) is 13.7. The highest BCUT2D eigenvalue weighted by molar-refractivity contribution is 7.89. The third-order valence-corrected chi connectivity index (χ3v) is 7.18.